The van der Waals surface area contributed by atoms with E-state index in [2.05, 4.69) is 46.8 Å². The molecule has 1 aromatic heterocycles. The Kier molecular flexibility index (Phi) is 7.50. The number of hydrogen-bond donors (Lipinski definition) is 2. The number of aryl methyl sites for hydroxylation is 1. The third kappa shape index (κ3) is 6.19. The van der Waals surface area contributed by atoms with E-state index in [9.17, 15) is 4.79 Å². The molecule has 0 aliphatic heterocycles. The molecule has 4 rings (SSSR count). The largest absolute Gasteiger partial charge is 0.494 e. The molecule has 0 aliphatic carbocycles. The van der Waals surface area contributed by atoms with Crippen molar-refractivity contribution in [3.63, 3.8) is 0 Å². The molecule has 34 heavy (non-hydrogen) atoms. The van der Waals surface area contributed by atoms with Crippen molar-refractivity contribution >= 4 is 17.4 Å². The average Bonchev–Trinajstić information content (AvgIpc) is 2.87. The van der Waals surface area contributed by atoms with E-state index < -0.39 is 0 Å². The zero-order valence-electron chi connectivity index (χ0n) is 19.4. The first-order valence-electron chi connectivity index (χ1n) is 11.4. The number of hydrogen-bond acceptors (Lipinski definition) is 5. The number of nitrogens with one attached hydrogen (secondary N) is 2. The molecule has 0 bridgehead atoms. The summed E-state index contributed by atoms with van der Waals surface area (Å²) < 4.78 is 5.59. The van der Waals surface area contributed by atoms with Crippen LogP contribution < -0.4 is 15.4 Å². The maximum Gasteiger partial charge on any atom is 0.251 e. The van der Waals surface area contributed by atoms with Gasteiger partial charge in [0.25, 0.3) is 5.91 Å². The van der Waals surface area contributed by atoms with Gasteiger partial charge in [-0.05, 0) is 73.5 Å². The maximum atomic E-state index is 12.5. The fourth-order valence-electron chi connectivity index (χ4n) is 3.42. The molecule has 0 saturated carbocycles. The molecular formula is C28H28N4O2. The van der Waals surface area contributed by atoms with Gasteiger partial charge >= 0.3 is 0 Å². The summed E-state index contributed by atoms with van der Waals surface area (Å²) in [6.07, 6.45) is 0.972. The smallest absolute Gasteiger partial charge is 0.251 e. The standard InChI is InChI=1S/C28H28N4O2/c1-3-17-34-25-13-7-21(8-14-25)19-29-28(33)22-9-11-24(12-10-22)30-27-16-15-26(31-32-27)23-6-4-5-20(2)18-23/h4-16,18H,3,17,19H2,1-2H3,(H,29,33)(H,30,32). The molecular weight excluding hydrogens is 424 g/mol. The molecule has 0 saturated heterocycles. The molecule has 0 unspecified atom stereocenters. The summed E-state index contributed by atoms with van der Waals surface area (Å²) >= 11 is 0. The van der Waals surface area contributed by atoms with Crippen molar-refractivity contribution in [1.29, 1.82) is 0 Å². The van der Waals surface area contributed by atoms with Crippen LogP contribution in [0.15, 0.2) is 84.9 Å². The Labute approximate surface area is 200 Å². The SMILES string of the molecule is CCCOc1ccc(CNC(=O)c2ccc(Nc3ccc(-c4cccc(C)c4)nn3)cc2)cc1. The number of anilines is 2. The number of carbonyl (C=O) groups is 1. The zero-order chi connectivity index (χ0) is 23.8. The minimum Gasteiger partial charge on any atom is -0.494 e. The van der Waals surface area contributed by atoms with E-state index in [1.54, 1.807) is 12.1 Å². The van der Waals surface area contributed by atoms with E-state index in [0.717, 1.165) is 34.7 Å². The van der Waals surface area contributed by atoms with Crippen LogP contribution in [0.2, 0.25) is 0 Å². The Bertz CT molecular complexity index is 1220. The van der Waals surface area contributed by atoms with Gasteiger partial charge in [-0.15, -0.1) is 10.2 Å². The number of nitrogens with zero attached hydrogens (tertiary/aromatic N) is 2. The van der Waals surface area contributed by atoms with Crippen LogP contribution in [-0.2, 0) is 6.54 Å². The third-order valence-corrected chi connectivity index (χ3v) is 5.25. The summed E-state index contributed by atoms with van der Waals surface area (Å²) in [6.45, 7) is 5.28. The summed E-state index contributed by atoms with van der Waals surface area (Å²) in [5.74, 6) is 1.36. The van der Waals surface area contributed by atoms with Crippen molar-refractivity contribution in [1.82, 2.24) is 15.5 Å². The van der Waals surface area contributed by atoms with Crippen molar-refractivity contribution < 1.29 is 9.53 Å². The van der Waals surface area contributed by atoms with Crippen LogP contribution in [0, 0.1) is 6.92 Å². The molecule has 0 aliphatic rings. The van der Waals surface area contributed by atoms with Crippen molar-refractivity contribution in [2.75, 3.05) is 11.9 Å². The molecule has 0 radical (unpaired) electrons. The van der Waals surface area contributed by atoms with Crippen LogP contribution in [0.3, 0.4) is 0 Å². The normalized spacial score (nSPS) is 10.5. The Morgan fingerprint density at radius 2 is 1.71 bits per heavy atom. The summed E-state index contributed by atoms with van der Waals surface area (Å²) in [6, 6.07) is 27.0. The molecule has 6 heteroatoms. The molecule has 0 fully saturated rings. The van der Waals surface area contributed by atoms with Gasteiger partial charge in [0.2, 0.25) is 0 Å². The molecule has 4 aromatic rings. The molecule has 2 N–H and O–H groups in total. The lowest BCUT2D eigenvalue weighted by Crippen LogP contribution is -2.22. The molecule has 0 spiro atoms. The van der Waals surface area contributed by atoms with E-state index in [4.69, 9.17) is 4.74 Å². The van der Waals surface area contributed by atoms with Crippen molar-refractivity contribution in [2.24, 2.45) is 0 Å². The summed E-state index contributed by atoms with van der Waals surface area (Å²) in [7, 11) is 0. The van der Waals surface area contributed by atoms with E-state index in [1.807, 2.05) is 60.7 Å². The van der Waals surface area contributed by atoms with Gasteiger partial charge in [0.05, 0.1) is 12.3 Å². The Balaban J connectivity index is 1.30. The highest BCUT2D eigenvalue weighted by Crippen LogP contribution is 2.20. The van der Waals surface area contributed by atoms with Crippen LogP contribution in [0.5, 0.6) is 5.75 Å². The minimum atomic E-state index is -0.125. The van der Waals surface area contributed by atoms with Gasteiger partial charge in [0.15, 0.2) is 5.82 Å². The van der Waals surface area contributed by atoms with E-state index in [0.29, 0.717) is 24.5 Å². The highest BCUT2D eigenvalue weighted by molar-refractivity contribution is 5.94. The second-order valence-electron chi connectivity index (χ2n) is 8.05. The number of benzene rings is 3. The Hall–Kier alpha value is -4.19. The summed E-state index contributed by atoms with van der Waals surface area (Å²) in [5, 5.41) is 14.8. The van der Waals surface area contributed by atoms with Crippen LogP contribution >= 0.6 is 0 Å². The second kappa shape index (κ2) is 11.1. The molecule has 0 atom stereocenters. The van der Waals surface area contributed by atoms with Gasteiger partial charge in [-0.25, -0.2) is 0 Å². The van der Waals surface area contributed by atoms with Gasteiger partial charge in [0, 0.05) is 23.4 Å². The Morgan fingerprint density at radius 1 is 0.912 bits per heavy atom. The molecule has 1 heterocycles. The Morgan fingerprint density at radius 3 is 2.38 bits per heavy atom. The van der Waals surface area contributed by atoms with Gasteiger partial charge in [-0.1, -0.05) is 42.8 Å². The quantitative estimate of drug-likeness (QED) is 0.330. The average molecular weight is 453 g/mol. The van der Waals surface area contributed by atoms with Crippen molar-refractivity contribution in [3.8, 4) is 17.0 Å². The van der Waals surface area contributed by atoms with Crippen LogP contribution in [0.1, 0.15) is 34.8 Å². The first kappa shape index (κ1) is 23.0. The zero-order valence-corrected chi connectivity index (χ0v) is 19.4. The predicted molar refractivity (Wildman–Crippen MR) is 135 cm³/mol. The maximum absolute atomic E-state index is 12.5. The van der Waals surface area contributed by atoms with Crippen molar-refractivity contribution in [2.45, 2.75) is 26.8 Å². The lowest BCUT2D eigenvalue weighted by atomic mass is 10.1. The van der Waals surface area contributed by atoms with E-state index in [-0.39, 0.29) is 5.91 Å². The fraction of sp³-hybridized carbons (Fsp3) is 0.179. The third-order valence-electron chi connectivity index (χ3n) is 5.25. The van der Waals surface area contributed by atoms with Gasteiger partial charge in [-0.2, -0.15) is 0 Å². The van der Waals surface area contributed by atoms with Crippen LogP contribution in [0.25, 0.3) is 11.3 Å². The van der Waals surface area contributed by atoms with Crippen molar-refractivity contribution in [3.05, 3.63) is 102 Å². The van der Waals surface area contributed by atoms with Gasteiger partial charge in [-0.3, -0.25) is 4.79 Å². The number of amides is 1. The molecule has 1 amide bonds. The second-order valence-corrected chi connectivity index (χ2v) is 8.05. The fourth-order valence-corrected chi connectivity index (χ4v) is 3.42. The van der Waals surface area contributed by atoms with Crippen LogP contribution in [0.4, 0.5) is 11.5 Å². The number of rotatable bonds is 9. The first-order chi connectivity index (χ1) is 16.6. The predicted octanol–water partition coefficient (Wildman–Crippen LogP) is 5.91. The lowest BCUT2D eigenvalue weighted by molar-refractivity contribution is 0.0951. The number of carbonyl (C=O) groups excluding carboxylic acids is 1. The number of aromatic nitrogens is 2. The summed E-state index contributed by atoms with van der Waals surface area (Å²) in [4.78, 5) is 12.5. The lowest BCUT2D eigenvalue weighted by Gasteiger charge is -2.09. The highest BCUT2D eigenvalue weighted by atomic mass is 16.5. The first-order valence-corrected chi connectivity index (χ1v) is 11.4. The monoisotopic (exact) mass is 452 g/mol. The topological polar surface area (TPSA) is 76.1 Å². The molecule has 3 aromatic carbocycles. The number of ether oxygens (including phenoxy) is 1. The highest BCUT2D eigenvalue weighted by Gasteiger charge is 2.07. The van der Waals surface area contributed by atoms with E-state index in [1.165, 1.54) is 5.56 Å². The van der Waals surface area contributed by atoms with Crippen LogP contribution in [-0.4, -0.2) is 22.7 Å². The molecule has 172 valence electrons. The van der Waals surface area contributed by atoms with E-state index >= 15 is 0 Å². The van der Waals surface area contributed by atoms with Gasteiger partial charge < -0.3 is 15.4 Å². The minimum absolute atomic E-state index is 0.125. The molecule has 6 nitrogen and oxygen atoms in total. The summed E-state index contributed by atoms with van der Waals surface area (Å²) in [5.41, 5.74) is 5.48. The van der Waals surface area contributed by atoms with Gasteiger partial charge in [0.1, 0.15) is 5.75 Å².